The largest absolute Gasteiger partial charge is 0.373 e. The number of benzene rings is 2. The highest BCUT2D eigenvalue weighted by Crippen LogP contribution is 2.34. The topological polar surface area (TPSA) is 59.6 Å². The Morgan fingerprint density at radius 2 is 1.97 bits per heavy atom. The van der Waals surface area contributed by atoms with Gasteiger partial charge in [-0.3, -0.25) is 4.79 Å². The Kier molecular flexibility index (Phi) is 5.32. The molecule has 1 unspecified atom stereocenters. The zero-order chi connectivity index (χ0) is 21.5. The number of aryl methyl sites for hydroxylation is 1. The Morgan fingerprint density at radius 3 is 2.74 bits per heavy atom. The number of nitrogens with zero attached hydrogens (tertiary/aromatic N) is 2. The molecule has 2 aromatic carbocycles. The third kappa shape index (κ3) is 3.88. The van der Waals surface area contributed by atoms with Crippen LogP contribution in [0.2, 0.25) is 0 Å². The fourth-order valence-electron chi connectivity index (χ4n) is 4.94. The fraction of sp³-hybridized carbons (Fsp3) is 0.458. The molecule has 0 aromatic heterocycles. The first kappa shape index (κ1) is 20.3. The summed E-state index contributed by atoms with van der Waals surface area (Å²) in [6, 6.07) is 7.00. The molecule has 31 heavy (non-hydrogen) atoms. The highest BCUT2D eigenvalue weighted by Gasteiger charge is 2.30. The zero-order valence-corrected chi connectivity index (χ0v) is 18.2. The molecular weight excluding hydrogens is 393 g/mol. The van der Waals surface area contributed by atoms with Crippen LogP contribution in [0, 0.1) is 12.7 Å². The Balaban J connectivity index is 1.38. The van der Waals surface area contributed by atoms with Crippen molar-refractivity contribution in [1.82, 2.24) is 10.2 Å². The first-order chi connectivity index (χ1) is 15.0. The minimum atomic E-state index is -0.463. The summed E-state index contributed by atoms with van der Waals surface area (Å²) in [6.07, 6.45) is 1.33. The van der Waals surface area contributed by atoms with Crippen LogP contribution >= 0.6 is 0 Å². The van der Waals surface area contributed by atoms with Crippen molar-refractivity contribution in [1.29, 1.82) is 0 Å². The second-order valence-corrected chi connectivity index (χ2v) is 8.96. The van der Waals surface area contributed by atoms with E-state index in [2.05, 4.69) is 44.9 Å². The van der Waals surface area contributed by atoms with Gasteiger partial charge in [-0.25, -0.2) is 4.39 Å². The Morgan fingerprint density at radius 1 is 1.16 bits per heavy atom. The first-order valence-electron chi connectivity index (χ1n) is 11.1. The predicted molar refractivity (Wildman–Crippen MR) is 122 cm³/mol. The lowest BCUT2D eigenvalue weighted by Gasteiger charge is -2.36. The van der Waals surface area contributed by atoms with E-state index in [-0.39, 0.29) is 11.7 Å². The van der Waals surface area contributed by atoms with Crippen LogP contribution in [-0.4, -0.2) is 56.6 Å². The van der Waals surface area contributed by atoms with Gasteiger partial charge in [0, 0.05) is 61.8 Å². The van der Waals surface area contributed by atoms with E-state index in [1.807, 2.05) is 6.92 Å². The average molecular weight is 424 g/mol. The van der Waals surface area contributed by atoms with Gasteiger partial charge in [-0.15, -0.1) is 0 Å². The third-order valence-corrected chi connectivity index (χ3v) is 6.81. The second kappa shape index (κ2) is 8.13. The SMILES string of the molecule is Cc1ccc(F)c2c1NC(C(=O)Nc1cc3c(c(N4CCN(C)CC4)c1)CNCC3)C2. The number of piperazine rings is 1. The van der Waals surface area contributed by atoms with Crippen LogP contribution in [0.1, 0.15) is 22.3 Å². The van der Waals surface area contributed by atoms with E-state index in [1.165, 1.54) is 22.9 Å². The van der Waals surface area contributed by atoms with Crippen LogP contribution in [0.4, 0.5) is 21.5 Å². The van der Waals surface area contributed by atoms with Gasteiger partial charge in [0.15, 0.2) is 0 Å². The van der Waals surface area contributed by atoms with Gasteiger partial charge >= 0.3 is 0 Å². The van der Waals surface area contributed by atoms with Gasteiger partial charge in [0.05, 0.1) is 0 Å². The molecular formula is C24H30FN5O. The zero-order valence-electron chi connectivity index (χ0n) is 18.2. The van der Waals surface area contributed by atoms with E-state index < -0.39 is 6.04 Å². The monoisotopic (exact) mass is 423 g/mol. The lowest BCUT2D eigenvalue weighted by Crippen LogP contribution is -2.45. The van der Waals surface area contributed by atoms with Gasteiger partial charge in [-0.1, -0.05) is 6.07 Å². The van der Waals surface area contributed by atoms with E-state index in [0.29, 0.717) is 12.0 Å². The summed E-state index contributed by atoms with van der Waals surface area (Å²) >= 11 is 0. The number of likely N-dealkylation sites (N-methyl/N-ethyl adjacent to an activating group) is 1. The van der Waals surface area contributed by atoms with Crippen molar-refractivity contribution >= 4 is 23.0 Å². The molecule has 1 fully saturated rings. The van der Waals surface area contributed by atoms with Crippen molar-refractivity contribution in [3.05, 3.63) is 52.3 Å². The van der Waals surface area contributed by atoms with Gasteiger partial charge in [-0.05, 0) is 61.8 Å². The van der Waals surface area contributed by atoms with Crippen molar-refractivity contribution in [2.75, 3.05) is 55.3 Å². The smallest absolute Gasteiger partial charge is 0.247 e. The molecule has 1 amide bonds. The normalized spacial score (nSPS) is 20.7. The summed E-state index contributed by atoms with van der Waals surface area (Å²) in [6.45, 7) is 7.79. The van der Waals surface area contributed by atoms with Crippen LogP contribution < -0.4 is 20.9 Å². The molecule has 0 bridgehead atoms. The number of halogens is 1. The molecule has 0 radical (unpaired) electrons. The Labute approximate surface area is 182 Å². The summed E-state index contributed by atoms with van der Waals surface area (Å²) in [4.78, 5) is 17.9. The highest BCUT2D eigenvalue weighted by atomic mass is 19.1. The molecule has 0 aliphatic carbocycles. The van der Waals surface area contributed by atoms with E-state index in [4.69, 9.17) is 0 Å². The number of hydrogen-bond acceptors (Lipinski definition) is 5. The number of amides is 1. The van der Waals surface area contributed by atoms with Crippen molar-refractivity contribution in [2.45, 2.75) is 32.4 Å². The molecule has 0 spiro atoms. The lowest BCUT2D eigenvalue weighted by molar-refractivity contribution is -0.116. The summed E-state index contributed by atoms with van der Waals surface area (Å²) in [5.74, 6) is -0.366. The fourth-order valence-corrected chi connectivity index (χ4v) is 4.94. The molecule has 1 atom stereocenters. The van der Waals surface area contributed by atoms with E-state index in [0.717, 1.165) is 62.6 Å². The molecule has 2 aromatic rings. The van der Waals surface area contributed by atoms with Crippen molar-refractivity contribution in [3.63, 3.8) is 0 Å². The minimum absolute atomic E-state index is 0.117. The Bertz CT molecular complexity index is 985. The van der Waals surface area contributed by atoms with Crippen molar-refractivity contribution < 1.29 is 9.18 Å². The standard InChI is InChI=1S/C24H30FN5O/c1-15-3-4-20(25)18-13-21(28-23(15)18)24(31)27-17-11-16-5-6-26-14-19(16)22(12-17)30-9-7-29(2)8-10-30/h3-4,11-12,21,26,28H,5-10,13-14H2,1-2H3,(H,27,31). The summed E-state index contributed by atoms with van der Waals surface area (Å²) in [5.41, 5.74) is 7.02. The summed E-state index contributed by atoms with van der Waals surface area (Å²) in [5, 5.41) is 9.83. The Hall–Kier alpha value is -2.64. The number of anilines is 3. The van der Waals surface area contributed by atoms with Gasteiger partial charge < -0.3 is 25.8 Å². The van der Waals surface area contributed by atoms with E-state index in [9.17, 15) is 9.18 Å². The van der Waals surface area contributed by atoms with Gasteiger partial charge in [0.25, 0.3) is 0 Å². The number of carbonyl (C=O) groups excluding carboxylic acids is 1. The molecule has 0 saturated carbocycles. The van der Waals surface area contributed by atoms with Crippen LogP contribution in [0.25, 0.3) is 0 Å². The first-order valence-corrected chi connectivity index (χ1v) is 11.1. The number of fused-ring (bicyclic) bond motifs is 2. The molecule has 164 valence electrons. The molecule has 5 rings (SSSR count). The third-order valence-electron chi connectivity index (χ3n) is 6.81. The molecule has 6 nitrogen and oxygen atoms in total. The molecule has 3 N–H and O–H groups in total. The number of nitrogens with one attached hydrogen (secondary N) is 3. The van der Waals surface area contributed by atoms with Gasteiger partial charge in [0.2, 0.25) is 5.91 Å². The molecule has 3 heterocycles. The number of rotatable bonds is 3. The number of hydrogen-bond donors (Lipinski definition) is 3. The number of carbonyl (C=O) groups is 1. The van der Waals surface area contributed by atoms with Gasteiger partial charge in [0.1, 0.15) is 11.9 Å². The maximum atomic E-state index is 14.2. The van der Waals surface area contributed by atoms with Crippen LogP contribution in [0.3, 0.4) is 0 Å². The predicted octanol–water partition coefficient (Wildman–Crippen LogP) is 2.51. The van der Waals surface area contributed by atoms with Crippen LogP contribution in [0.15, 0.2) is 24.3 Å². The maximum absolute atomic E-state index is 14.2. The van der Waals surface area contributed by atoms with Crippen LogP contribution in [-0.2, 0) is 24.2 Å². The summed E-state index contributed by atoms with van der Waals surface area (Å²) < 4.78 is 14.2. The molecule has 7 heteroatoms. The quantitative estimate of drug-likeness (QED) is 0.708. The van der Waals surface area contributed by atoms with Crippen LogP contribution in [0.5, 0.6) is 0 Å². The minimum Gasteiger partial charge on any atom is -0.373 e. The summed E-state index contributed by atoms with van der Waals surface area (Å²) in [7, 11) is 2.15. The lowest BCUT2D eigenvalue weighted by atomic mass is 9.97. The highest BCUT2D eigenvalue weighted by molar-refractivity contribution is 5.98. The molecule has 3 aliphatic rings. The average Bonchev–Trinajstić information content (AvgIpc) is 3.24. The van der Waals surface area contributed by atoms with Crippen molar-refractivity contribution in [2.24, 2.45) is 0 Å². The molecule has 1 saturated heterocycles. The molecule has 3 aliphatic heterocycles. The van der Waals surface area contributed by atoms with E-state index >= 15 is 0 Å². The van der Waals surface area contributed by atoms with E-state index in [1.54, 1.807) is 6.07 Å². The van der Waals surface area contributed by atoms with Crippen molar-refractivity contribution in [3.8, 4) is 0 Å². The maximum Gasteiger partial charge on any atom is 0.247 e. The second-order valence-electron chi connectivity index (χ2n) is 8.96. The van der Waals surface area contributed by atoms with Gasteiger partial charge in [-0.2, -0.15) is 0 Å².